The molecule has 0 bridgehead atoms. The second-order valence-corrected chi connectivity index (χ2v) is 4.57. The highest BCUT2D eigenvalue weighted by atomic mass is 16.1. The standard InChI is InChI=1S/C15H19NO/c1-3-12(2)11-16-10-6-9-15(17)13-7-4-5-8-14(13)16/h4-5,7-8H,2-3,6,9-11H2,1H3. The minimum absolute atomic E-state index is 0.269. The fraction of sp³-hybridized carbons (Fsp3) is 0.400. The molecule has 1 aliphatic rings. The van der Waals surface area contributed by atoms with E-state index >= 15 is 0 Å². The quantitative estimate of drug-likeness (QED) is 0.740. The van der Waals surface area contributed by atoms with Gasteiger partial charge in [0.1, 0.15) is 0 Å². The van der Waals surface area contributed by atoms with Crippen LogP contribution in [0.1, 0.15) is 36.5 Å². The zero-order valence-corrected chi connectivity index (χ0v) is 10.4. The minimum atomic E-state index is 0.269. The number of anilines is 1. The highest BCUT2D eigenvalue weighted by Gasteiger charge is 2.20. The number of carbonyl (C=O) groups excluding carboxylic acids is 1. The molecule has 0 saturated carbocycles. The number of nitrogens with zero attached hydrogens (tertiary/aromatic N) is 1. The average Bonchev–Trinajstić information content (AvgIpc) is 2.51. The SMILES string of the molecule is C=C(CC)CN1CCCC(=O)c2ccccc21. The van der Waals surface area contributed by atoms with Crippen molar-refractivity contribution in [3.05, 3.63) is 42.0 Å². The summed E-state index contributed by atoms with van der Waals surface area (Å²) in [5, 5.41) is 0. The Balaban J connectivity index is 2.31. The Labute approximate surface area is 103 Å². The molecule has 0 N–H and O–H groups in total. The van der Waals surface area contributed by atoms with Gasteiger partial charge < -0.3 is 4.90 Å². The van der Waals surface area contributed by atoms with Crippen LogP contribution < -0.4 is 4.90 Å². The molecule has 0 saturated heterocycles. The molecule has 1 aliphatic heterocycles. The third kappa shape index (κ3) is 2.57. The Morgan fingerprint density at radius 1 is 1.41 bits per heavy atom. The van der Waals surface area contributed by atoms with Crippen molar-refractivity contribution < 1.29 is 4.79 Å². The van der Waals surface area contributed by atoms with E-state index < -0.39 is 0 Å². The first-order chi connectivity index (χ1) is 8.22. The molecule has 0 unspecified atom stereocenters. The van der Waals surface area contributed by atoms with Gasteiger partial charge in [-0.3, -0.25) is 4.79 Å². The van der Waals surface area contributed by atoms with Crippen LogP contribution in [0.4, 0.5) is 5.69 Å². The summed E-state index contributed by atoms with van der Waals surface area (Å²) < 4.78 is 0. The van der Waals surface area contributed by atoms with E-state index in [0.717, 1.165) is 37.2 Å². The molecule has 0 aliphatic carbocycles. The first-order valence-electron chi connectivity index (χ1n) is 6.26. The molecule has 0 aromatic heterocycles. The molecule has 0 amide bonds. The maximum Gasteiger partial charge on any atom is 0.165 e. The van der Waals surface area contributed by atoms with E-state index in [1.165, 1.54) is 5.57 Å². The van der Waals surface area contributed by atoms with E-state index in [0.29, 0.717) is 6.42 Å². The molecule has 1 heterocycles. The number of hydrogen-bond donors (Lipinski definition) is 0. The molecular weight excluding hydrogens is 210 g/mol. The van der Waals surface area contributed by atoms with Crippen molar-refractivity contribution in [1.29, 1.82) is 0 Å². The maximum atomic E-state index is 12.0. The summed E-state index contributed by atoms with van der Waals surface area (Å²) in [7, 11) is 0. The van der Waals surface area contributed by atoms with Gasteiger partial charge in [0, 0.05) is 30.8 Å². The molecule has 1 aromatic carbocycles. The Morgan fingerprint density at radius 3 is 2.94 bits per heavy atom. The van der Waals surface area contributed by atoms with Crippen LogP contribution in [-0.4, -0.2) is 18.9 Å². The number of para-hydroxylation sites is 1. The highest BCUT2D eigenvalue weighted by Crippen LogP contribution is 2.26. The van der Waals surface area contributed by atoms with Crippen LogP contribution in [0.3, 0.4) is 0 Å². The van der Waals surface area contributed by atoms with Gasteiger partial charge in [0.2, 0.25) is 0 Å². The number of ketones is 1. The lowest BCUT2D eigenvalue weighted by atomic mass is 10.1. The zero-order valence-electron chi connectivity index (χ0n) is 10.4. The predicted molar refractivity (Wildman–Crippen MR) is 71.7 cm³/mol. The second-order valence-electron chi connectivity index (χ2n) is 4.57. The predicted octanol–water partition coefficient (Wildman–Crippen LogP) is 3.44. The van der Waals surface area contributed by atoms with Crippen LogP contribution in [0.2, 0.25) is 0 Å². The third-order valence-electron chi connectivity index (χ3n) is 3.29. The zero-order chi connectivity index (χ0) is 12.3. The van der Waals surface area contributed by atoms with Crippen LogP contribution >= 0.6 is 0 Å². The lowest BCUT2D eigenvalue weighted by Crippen LogP contribution is -2.26. The monoisotopic (exact) mass is 229 g/mol. The summed E-state index contributed by atoms with van der Waals surface area (Å²) in [4.78, 5) is 14.2. The Kier molecular flexibility index (Phi) is 3.62. The number of benzene rings is 1. The van der Waals surface area contributed by atoms with Gasteiger partial charge in [0.05, 0.1) is 0 Å². The summed E-state index contributed by atoms with van der Waals surface area (Å²) in [5.74, 6) is 0.269. The van der Waals surface area contributed by atoms with Gasteiger partial charge in [-0.25, -0.2) is 0 Å². The summed E-state index contributed by atoms with van der Waals surface area (Å²) in [6.45, 7) is 7.99. The molecule has 0 atom stereocenters. The number of carbonyl (C=O) groups is 1. The van der Waals surface area contributed by atoms with Gasteiger partial charge in [-0.15, -0.1) is 0 Å². The van der Waals surface area contributed by atoms with Crippen molar-refractivity contribution in [3.8, 4) is 0 Å². The van der Waals surface area contributed by atoms with Crippen molar-refractivity contribution in [2.24, 2.45) is 0 Å². The topological polar surface area (TPSA) is 20.3 Å². The Bertz CT molecular complexity index is 436. The van der Waals surface area contributed by atoms with Crippen LogP contribution in [0.5, 0.6) is 0 Å². The van der Waals surface area contributed by atoms with E-state index in [2.05, 4.69) is 18.4 Å². The maximum absolute atomic E-state index is 12.0. The van der Waals surface area contributed by atoms with Crippen molar-refractivity contribution in [2.75, 3.05) is 18.0 Å². The summed E-state index contributed by atoms with van der Waals surface area (Å²) >= 11 is 0. The number of Topliss-reactive ketones (excluding diaryl/α,β-unsaturated/α-hetero) is 1. The van der Waals surface area contributed by atoms with Crippen LogP contribution in [0, 0.1) is 0 Å². The van der Waals surface area contributed by atoms with E-state index in [4.69, 9.17) is 0 Å². The first kappa shape index (κ1) is 11.9. The molecule has 90 valence electrons. The summed E-state index contributed by atoms with van der Waals surface area (Å²) in [6.07, 6.45) is 2.59. The van der Waals surface area contributed by atoms with Gasteiger partial charge in [0.25, 0.3) is 0 Å². The molecule has 1 aromatic rings. The molecule has 2 nitrogen and oxygen atoms in total. The Morgan fingerprint density at radius 2 is 2.18 bits per heavy atom. The molecular formula is C15H19NO. The lowest BCUT2D eigenvalue weighted by Gasteiger charge is -2.25. The van der Waals surface area contributed by atoms with E-state index in [9.17, 15) is 4.79 Å². The average molecular weight is 229 g/mol. The van der Waals surface area contributed by atoms with E-state index in [1.807, 2.05) is 24.3 Å². The number of hydrogen-bond acceptors (Lipinski definition) is 2. The fourth-order valence-corrected chi connectivity index (χ4v) is 2.22. The normalized spacial score (nSPS) is 15.4. The molecule has 2 rings (SSSR count). The minimum Gasteiger partial charge on any atom is -0.367 e. The van der Waals surface area contributed by atoms with Crippen molar-refractivity contribution in [1.82, 2.24) is 0 Å². The number of rotatable bonds is 3. The van der Waals surface area contributed by atoms with E-state index in [-0.39, 0.29) is 5.78 Å². The smallest absolute Gasteiger partial charge is 0.165 e. The van der Waals surface area contributed by atoms with Gasteiger partial charge in [0.15, 0.2) is 5.78 Å². The van der Waals surface area contributed by atoms with Crippen LogP contribution in [-0.2, 0) is 0 Å². The van der Waals surface area contributed by atoms with E-state index in [1.54, 1.807) is 0 Å². The second kappa shape index (κ2) is 5.17. The fourth-order valence-electron chi connectivity index (χ4n) is 2.22. The van der Waals surface area contributed by atoms with Crippen molar-refractivity contribution in [2.45, 2.75) is 26.2 Å². The summed E-state index contributed by atoms with van der Waals surface area (Å²) in [6, 6.07) is 7.92. The largest absolute Gasteiger partial charge is 0.367 e. The van der Waals surface area contributed by atoms with Crippen LogP contribution in [0.25, 0.3) is 0 Å². The molecule has 0 radical (unpaired) electrons. The lowest BCUT2D eigenvalue weighted by molar-refractivity contribution is 0.0984. The van der Waals surface area contributed by atoms with Gasteiger partial charge in [-0.05, 0) is 25.0 Å². The third-order valence-corrected chi connectivity index (χ3v) is 3.29. The molecule has 0 fully saturated rings. The first-order valence-corrected chi connectivity index (χ1v) is 6.26. The van der Waals surface area contributed by atoms with Gasteiger partial charge >= 0.3 is 0 Å². The highest BCUT2D eigenvalue weighted by molar-refractivity contribution is 6.01. The van der Waals surface area contributed by atoms with Crippen molar-refractivity contribution in [3.63, 3.8) is 0 Å². The summed E-state index contributed by atoms with van der Waals surface area (Å²) in [5.41, 5.74) is 3.16. The molecule has 0 spiro atoms. The Hall–Kier alpha value is -1.57. The van der Waals surface area contributed by atoms with Gasteiger partial charge in [-0.1, -0.05) is 31.2 Å². The van der Waals surface area contributed by atoms with Gasteiger partial charge in [-0.2, -0.15) is 0 Å². The van der Waals surface area contributed by atoms with Crippen LogP contribution in [0.15, 0.2) is 36.4 Å². The number of fused-ring (bicyclic) bond motifs is 1. The van der Waals surface area contributed by atoms with Crippen molar-refractivity contribution >= 4 is 11.5 Å². The molecule has 17 heavy (non-hydrogen) atoms. The molecule has 2 heteroatoms.